The van der Waals surface area contributed by atoms with Gasteiger partial charge in [0.05, 0.1) is 7.11 Å². The molecule has 1 atom stereocenters. The van der Waals surface area contributed by atoms with Gasteiger partial charge in [0, 0.05) is 12.6 Å². The van der Waals surface area contributed by atoms with Gasteiger partial charge in [-0.25, -0.2) is 0 Å². The van der Waals surface area contributed by atoms with Crippen molar-refractivity contribution in [3.8, 4) is 17.2 Å². The first kappa shape index (κ1) is 13.6. The Balaban J connectivity index is 1.65. The first-order valence-electron chi connectivity index (χ1n) is 7.48. The van der Waals surface area contributed by atoms with Gasteiger partial charge in [0.15, 0.2) is 11.5 Å². The van der Waals surface area contributed by atoms with Crippen LogP contribution in [0.15, 0.2) is 12.1 Å². The van der Waals surface area contributed by atoms with Gasteiger partial charge in [-0.15, -0.1) is 0 Å². The van der Waals surface area contributed by atoms with Gasteiger partial charge in [0.1, 0.15) is 0 Å². The van der Waals surface area contributed by atoms with Crippen LogP contribution in [-0.4, -0.2) is 19.9 Å². The minimum atomic E-state index is 0.279. The summed E-state index contributed by atoms with van der Waals surface area (Å²) in [6.45, 7) is 3.41. The molecule has 0 amide bonds. The van der Waals surface area contributed by atoms with Crippen LogP contribution in [0.2, 0.25) is 0 Å². The number of nitrogens with one attached hydrogen (secondary N) is 1. The normalized spacial score (nSPS) is 19.3. The van der Waals surface area contributed by atoms with E-state index in [2.05, 4.69) is 12.2 Å². The van der Waals surface area contributed by atoms with E-state index in [4.69, 9.17) is 14.2 Å². The molecular formula is C16H23NO3. The Hall–Kier alpha value is -1.42. The molecule has 4 heteroatoms. The van der Waals surface area contributed by atoms with Crippen molar-refractivity contribution >= 4 is 0 Å². The fraction of sp³-hybridized carbons (Fsp3) is 0.625. The Morgan fingerprint density at radius 2 is 2.10 bits per heavy atom. The Morgan fingerprint density at radius 1 is 1.30 bits per heavy atom. The molecule has 1 aliphatic carbocycles. The molecule has 0 aromatic heterocycles. The van der Waals surface area contributed by atoms with Crippen LogP contribution in [0.5, 0.6) is 17.2 Å². The summed E-state index contributed by atoms with van der Waals surface area (Å²) in [4.78, 5) is 0. The van der Waals surface area contributed by atoms with Crippen molar-refractivity contribution in [3.63, 3.8) is 0 Å². The third-order valence-electron chi connectivity index (χ3n) is 4.45. The molecular weight excluding hydrogens is 254 g/mol. The SMILES string of the molecule is COc1cc(CNC(C)C2CCCC2)cc2c1OCO2. The molecule has 1 fully saturated rings. The lowest BCUT2D eigenvalue weighted by Crippen LogP contribution is -2.31. The molecule has 20 heavy (non-hydrogen) atoms. The van der Waals surface area contributed by atoms with Gasteiger partial charge in [0.2, 0.25) is 12.5 Å². The molecule has 0 bridgehead atoms. The highest BCUT2D eigenvalue weighted by Gasteiger charge is 2.22. The monoisotopic (exact) mass is 277 g/mol. The predicted octanol–water partition coefficient (Wildman–Crippen LogP) is 3.09. The topological polar surface area (TPSA) is 39.7 Å². The molecule has 0 spiro atoms. The lowest BCUT2D eigenvalue weighted by Gasteiger charge is -2.20. The van der Waals surface area contributed by atoms with E-state index in [1.54, 1.807) is 7.11 Å². The first-order chi connectivity index (χ1) is 9.78. The predicted molar refractivity (Wildman–Crippen MR) is 77.4 cm³/mol. The maximum atomic E-state index is 5.46. The van der Waals surface area contributed by atoms with E-state index in [9.17, 15) is 0 Å². The van der Waals surface area contributed by atoms with Crippen molar-refractivity contribution in [2.45, 2.75) is 45.2 Å². The van der Waals surface area contributed by atoms with Crippen molar-refractivity contribution in [3.05, 3.63) is 17.7 Å². The van der Waals surface area contributed by atoms with Crippen LogP contribution in [-0.2, 0) is 6.54 Å². The van der Waals surface area contributed by atoms with Crippen LogP contribution in [0.25, 0.3) is 0 Å². The zero-order chi connectivity index (χ0) is 13.9. The van der Waals surface area contributed by atoms with Crippen molar-refractivity contribution < 1.29 is 14.2 Å². The lowest BCUT2D eigenvalue weighted by atomic mass is 9.99. The summed E-state index contributed by atoms with van der Waals surface area (Å²) < 4.78 is 16.2. The van der Waals surface area contributed by atoms with Crippen molar-refractivity contribution in [1.82, 2.24) is 5.32 Å². The molecule has 1 aromatic carbocycles. The van der Waals surface area contributed by atoms with E-state index in [1.807, 2.05) is 12.1 Å². The zero-order valence-electron chi connectivity index (χ0n) is 12.3. The fourth-order valence-electron chi connectivity index (χ4n) is 3.19. The van der Waals surface area contributed by atoms with E-state index in [0.717, 1.165) is 29.7 Å². The fourth-order valence-corrected chi connectivity index (χ4v) is 3.19. The summed E-state index contributed by atoms with van der Waals surface area (Å²) in [5.74, 6) is 3.09. The van der Waals surface area contributed by atoms with Gasteiger partial charge in [-0.05, 0) is 43.4 Å². The molecule has 2 aliphatic rings. The van der Waals surface area contributed by atoms with Gasteiger partial charge < -0.3 is 19.5 Å². The minimum absolute atomic E-state index is 0.279. The van der Waals surface area contributed by atoms with E-state index in [-0.39, 0.29) is 6.79 Å². The molecule has 0 saturated heterocycles. The second kappa shape index (κ2) is 5.92. The maximum Gasteiger partial charge on any atom is 0.231 e. The molecule has 3 rings (SSSR count). The van der Waals surface area contributed by atoms with Crippen molar-refractivity contribution in [1.29, 1.82) is 0 Å². The summed E-state index contributed by atoms with van der Waals surface area (Å²) >= 11 is 0. The molecule has 4 nitrogen and oxygen atoms in total. The molecule has 110 valence electrons. The minimum Gasteiger partial charge on any atom is -0.493 e. The third kappa shape index (κ3) is 2.70. The molecule has 1 aliphatic heterocycles. The number of fused-ring (bicyclic) bond motifs is 1. The average Bonchev–Trinajstić information content (AvgIpc) is 3.14. The summed E-state index contributed by atoms with van der Waals surface area (Å²) in [5, 5.41) is 3.63. The molecule has 1 N–H and O–H groups in total. The summed E-state index contributed by atoms with van der Waals surface area (Å²) in [7, 11) is 1.66. The van der Waals surface area contributed by atoms with Crippen LogP contribution in [0.3, 0.4) is 0 Å². The molecule has 1 saturated carbocycles. The highest BCUT2D eigenvalue weighted by molar-refractivity contribution is 5.55. The lowest BCUT2D eigenvalue weighted by molar-refractivity contribution is 0.171. The number of hydrogen-bond donors (Lipinski definition) is 1. The third-order valence-corrected chi connectivity index (χ3v) is 4.45. The summed E-state index contributed by atoms with van der Waals surface area (Å²) in [6, 6.07) is 4.63. The number of methoxy groups -OCH3 is 1. The van der Waals surface area contributed by atoms with Crippen molar-refractivity contribution in [2.24, 2.45) is 5.92 Å². The van der Waals surface area contributed by atoms with Crippen LogP contribution >= 0.6 is 0 Å². The molecule has 1 heterocycles. The second-order valence-electron chi connectivity index (χ2n) is 5.75. The van der Waals surface area contributed by atoms with Crippen LogP contribution in [0, 0.1) is 5.92 Å². The van der Waals surface area contributed by atoms with Gasteiger partial charge in [-0.3, -0.25) is 0 Å². The number of benzene rings is 1. The Labute approximate surface area is 120 Å². The Kier molecular flexibility index (Phi) is 4.01. The smallest absolute Gasteiger partial charge is 0.231 e. The highest BCUT2D eigenvalue weighted by atomic mass is 16.7. The van der Waals surface area contributed by atoms with E-state index in [0.29, 0.717) is 6.04 Å². The summed E-state index contributed by atoms with van der Waals surface area (Å²) in [6.07, 6.45) is 5.49. The molecule has 1 unspecified atom stereocenters. The van der Waals surface area contributed by atoms with E-state index >= 15 is 0 Å². The highest BCUT2D eigenvalue weighted by Crippen LogP contribution is 2.41. The Bertz CT molecular complexity index is 469. The van der Waals surface area contributed by atoms with Gasteiger partial charge >= 0.3 is 0 Å². The zero-order valence-corrected chi connectivity index (χ0v) is 12.3. The quantitative estimate of drug-likeness (QED) is 0.897. The van der Waals surface area contributed by atoms with Crippen LogP contribution < -0.4 is 19.5 Å². The average molecular weight is 277 g/mol. The molecule has 1 aromatic rings. The number of hydrogen-bond acceptors (Lipinski definition) is 4. The Morgan fingerprint density at radius 3 is 2.85 bits per heavy atom. The largest absolute Gasteiger partial charge is 0.493 e. The standard InChI is InChI=1S/C16H23NO3/c1-11(13-5-3-4-6-13)17-9-12-7-14(18-2)16-15(8-12)19-10-20-16/h7-8,11,13,17H,3-6,9-10H2,1-2H3. The maximum absolute atomic E-state index is 5.46. The number of ether oxygens (including phenoxy) is 3. The van der Waals surface area contributed by atoms with Crippen LogP contribution in [0.1, 0.15) is 38.2 Å². The van der Waals surface area contributed by atoms with E-state index < -0.39 is 0 Å². The van der Waals surface area contributed by atoms with Gasteiger partial charge in [0.25, 0.3) is 0 Å². The van der Waals surface area contributed by atoms with Crippen molar-refractivity contribution in [2.75, 3.05) is 13.9 Å². The number of rotatable bonds is 5. The first-order valence-corrected chi connectivity index (χ1v) is 7.48. The summed E-state index contributed by atoms with van der Waals surface area (Å²) in [5.41, 5.74) is 1.18. The van der Waals surface area contributed by atoms with Gasteiger partial charge in [-0.1, -0.05) is 12.8 Å². The van der Waals surface area contributed by atoms with E-state index in [1.165, 1.54) is 31.2 Å². The second-order valence-corrected chi connectivity index (χ2v) is 5.75. The van der Waals surface area contributed by atoms with Crippen LogP contribution in [0.4, 0.5) is 0 Å². The molecule has 0 radical (unpaired) electrons. The van der Waals surface area contributed by atoms with Gasteiger partial charge in [-0.2, -0.15) is 0 Å².